The molecular formula is C6H8O5. The maximum atomic E-state index is 9.00. The maximum Gasteiger partial charge on any atom is 0.335 e. The highest BCUT2D eigenvalue weighted by Crippen LogP contribution is 2.45. The highest BCUT2D eigenvalue weighted by molar-refractivity contribution is 5.50. The van der Waals surface area contributed by atoms with Gasteiger partial charge in [0, 0.05) is 0 Å². The van der Waals surface area contributed by atoms with E-state index in [-0.39, 0.29) is 11.9 Å². The first kappa shape index (κ1) is 7.59. The zero-order valence-electron chi connectivity index (χ0n) is 6.12. The smallest absolute Gasteiger partial charge is 0.335 e. The minimum atomic E-state index is -0.454. The van der Waals surface area contributed by atoms with Gasteiger partial charge in [0.2, 0.25) is 11.5 Å². The average Bonchev–Trinajstić information content (AvgIpc) is 2.30. The van der Waals surface area contributed by atoms with Crippen LogP contribution in [0.25, 0.3) is 0 Å². The molecule has 0 fully saturated rings. The van der Waals surface area contributed by atoms with E-state index < -0.39 is 11.5 Å². The number of rotatable bonds is 2. The molecule has 1 rings (SSSR count). The summed E-state index contributed by atoms with van der Waals surface area (Å²) in [6.45, 7) is 0. The number of methoxy groups -OCH3 is 2. The van der Waals surface area contributed by atoms with Crippen LogP contribution in [-0.4, -0.2) is 24.4 Å². The third-order valence-corrected chi connectivity index (χ3v) is 1.17. The molecule has 0 amide bonds. The van der Waals surface area contributed by atoms with Crippen molar-refractivity contribution in [1.29, 1.82) is 0 Å². The van der Waals surface area contributed by atoms with Gasteiger partial charge in [0.15, 0.2) is 0 Å². The van der Waals surface area contributed by atoms with Gasteiger partial charge in [0.1, 0.15) is 0 Å². The van der Waals surface area contributed by atoms with Gasteiger partial charge in [0.25, 0.3) is 0 Å². The monoisotopic (exact) mass is 160 g/mol. The topological polar surface area (TPSA) is 72.1 Å². The van der Waals surface area contributed by atoms with Crippen LogP contribution in [0.2, 0.25) is 0 Å². The summed E-state index contributed by atoms with van der Waals surface area (Å²) < 4.78 is 13.8. The van der Waals surface area contributed by atoms with Crippen molar-refractivity contribution >= 4 is 0 Å². The molecule has 0 bridgehead atoms. The average molecular weight is 160 g/mol. The van der Waals surface area contributed by atoms with Crippen LogP contribution in [0.3, 0.4) is 0 Å². The second-order valence-electron chi connectivity index (χ2n) is 1.78. The second-order valence-corrected chi connectivity index (χ2v) is 1.78. The molecule has 0 aliphatic carbocycles. The highest BCUT2D eigenvalue weighted by Gasteiger charge is 2.20. The fourth-order valence-electron chi connectivity index (χ4n) is 0.651. The molecule has 2 N–H and O–H groups in total. The van der Waals surface area contributed by atoms with E-state index in [1.165, 1.54) is 14.2 Å². The van der Waals surface area contributed by atoms with Gasteiger partial charge in [0.05, 0.1) is 14.2 Å². The lowest BCUT2D eigenvalue weighted by Gasteiger charge is -1.90. The second kappa shape index (κ2) is 2.61. The van der Waals surface area contributed by atoms with Crippen LogP contribution in [0.1, 0.15) is 0 Å². The Balaban J connectivity index is 3.12. The first-order chi connectivity index (χ1) is 5.20. The van der Waals surface area contributed by atoms with Gasteiger partial charge in [-0.05, 0) is 0 Å². The van der Waals surface area contributed by atoms with E-state index >= 15 is 0 Å². The molecule has 0 radical (unpaired) electrons. The summed E-state index contributed by atoms with van der Waals surface area (Å²) in [4.78, 5) is 0. The fourth-order valence-corrected chi connectivity index (χ4v) is 0.651. The lowest BCUT2D eigenvalue weighted by Crippen LogP contribution is -1.78. The van der Waals surface area contributed by atoms with Gasteiger partial charge >= 0.3 is 11.9 Å². The first-order valence-electron chi connectivity index (χ1n) is 2.83. The molecule has 0 aliphatic heterocycles. The molecule has 0 aliphatic rings. The third kappa shape index (κ3) is 1.04. The van der Waals surface area contributed by atoms with Gasteiger partial charge in [-0.1, -0.05) is 0 Å². The molecule has 62 valence electrons. The lowest BCUT2D eigenvalue weighted by molar-refractivity contribution is 0.233. The Kier molecular flexibility index (Phi) is 1.80. The molecule has 5 nitrogen and oxygen atoms in total. The Morgan fingerprint density at radius 3 is 1.55 bits per heavy atom. The Morgan fingerprint density at radius 1 is 1.00 bits per heavy atom. The highest BCUT2D eigenvalue weighted by atomic mass is 16.7. The van der Waals surface area contributed by atoms with E-state index in [4.69, 9.17) is 14.6 Å². The molecule has 1 aromatic rings. The summed E-state index contributed by atoms with van der Waals surface area (Å²) in [5.41, 5.74) is 0. The van der Waals surface area contributed by atoms with Crippen LogP contribution in [0.5, 0.6) is 23.4 Å². The molecule has 0 aromatic carbocycles. The minimum Gasteiger partial charge on any atom is -0.499 e. The van der Waals surface area contributed by atoms with Crippen molar-refractivity contribution in [3.8, 4) is 23.4 Å². The van der Waals surface area contributed by atoms with Gasteiger partial charge in [-0.3, -0.25) is 0 Å². The summed E-state index contributed by atoms with van der Waals surface area (Å²) in [5.74, 6) is -1.24. The molecule has 0 saturated carbocycles. The van der Waals surface area contributed by atoms with Crippen molar-refractivity contribution in [1.82, 2.24) is 0 Å². The van der Waals surface area contributed by atoms with Crippen molar-refractivity contribution in [2.24, 2.45) is 0 Å². The lowest BCUT2D eigenvalue weighted by atomic mass is 10.5. The Labute approximate surface area is 62.8 Å². The molecular weight excluding hydrogens is 152 g/mol. The van der Waals surface area contributed by atoms with E-state index in [0.717, 1.165) is 0 Å². The van der Waals surface area contributed by atoms with Crippen molar-refractivity contribution in [2.75, 3.05) is 14.2 Å². The molecule has 0 saturated heterocycles. The molecule has 11 heavy (non-hydrogen) atoms. The fraction of sp³-hybridized carbons (Fsp3) is 0.333. The maximum absolute atomic E-state index is 9.00. The van der Waals surface area contributed by atoms with Crippen molar-refractivity contribution in [3.05, 3.63) is 0 Å². The van der Waals surface area contributed by atoms with Gasteiger partial charge in [-0.25, -0.2) is 0 Å². The number of aromatic hydroxyl groups is 2. The number of hydrogen-bond donors (Lipinski definition) is 2. The summed E-state index contributed by atoms with van der Waals surface area (Å²) in [7, 11) is 2.61. The summed E-state index contributed by atoms with van der Waals surface area (Å²) in [5, 5.41) is 18.0. The van der Waals surface area contributed by atoms with Crippen LogP contribution in [0, 0.1) is 0 Å². The van der Waals surface area contributed by atoms with Crippen LogP contribution in [-0.2, 0) is 0 Å². The molecule has 0 atom stereocenters. The number of ether oxygens (including phenoxy) is 2. The van der Waals surface area contributed by atoms with E-state index in [0.29, 0.717) is 0 Å². The minimum absolute atomic E-state index is 0.167. The van der Waals surface area contributed by atoms with Crippen molar-refractivity contribution in [2.45, 2.75) is 0 Å². The van der Waals surface area contributed by atoms with Crippen LogP contribution in [0.15, 0.2) is 4.42 Å². The molecule has 1 heterocycles. The number of furan rings is 1. The summed E-state index contributed by atoms with van der Waals surface area (Å²) >= 11 is 0. The molecule has 1 aromatic heterocycles. The van der Waals surface area contributed by atoms with Crippen LogP contribution >= 0.6 is 0 Å². The van der Waals surface area contributed by atoms with Crippen molar-refractivity contribution < 1.29 is 24.1 Å². The summed E-state index contributed by atoms with van der Waals surface area (Å²) in [6.07, 6.45) is 0. The zero-order valence-corrected chi connectivity index (χ0v) is 6.12. The predicted molar refractivity (Wildman–Crippen MR) is 35.1 cm³/mol. The van der Waals surface area contributed by atoms with E-state index in [1.807, 2.05) is 0 Å². The van der Waals surface area contributed by atoms with Crippen LogP contribution in [0.4, 0.5) is 0 Å². The van der Waals surface area contributed by atoms with Gasteiger partial charge in [-0.15, -0.1) is 0 Å². The largest absolute Gasteiger partial charge is 0.499 e. The SMILES string of the molecule is COc1oc(OC)c(O)c1O. The Hall–Kier alpha value is -1.52. The van der Waals surface area contributed by atoms with E-state index in [1.54, 1.807) is 0 Å². The number of hydrogen-bond acceptors (Lipinski definition) is 5. The van der Waals surface area contributed by atoms with E-state index in [9.17, 15) is 0 Å². The Bertz CT molecular complexity index is 227. The zero-order chi connectivity index (χ0) is 8.43. The standard InChI is InChI=1S/C6H8O5/c1-9-5-3(7)4(8)6(10-2)11-5/h7-8H,1-2H3. The third-order valence-electron chi connectivity index (χ3n) is 1.17. The molecule has 0 spiro atoms. The summed E-state index contributed by atoms with van der Waals surface area (Å²) in [6, 6.07) is 0. The molecule has 5 heteroatoms. The Morgan fingerprint density at radius 2 is 1.36 bits per heavy atom. The normalized spacial score (nSPS) is 9.64. The van der Waals surface area contributed by atoms with Crippen LogP contribution < -0.4 is 9.47 Å². The first-order valence-corrected chi connectivity index (χ1v) is 2.83. The van der Waals surface area contributed by atoms with Gasteiger partial charge < -0.3 is 24.1 Å². The quantitative estimate of drug-likeness (QED) is 0.666. The van der Waals surface area contributed by atoms with Crippen molar-refractivity contribution in [3.63, 3.8) is 0 Å². The molecule has 0 unspecified atom stereocenters. The predicted octanol–water partition coefficient (Wildman–Crippen LogP) is 0.708. The van der Waals surface area contributed by atoms with Gasteiger partial charge in [-0.2, -0.15) is 0 Å². The van der Waals surface area contributed by atoms with E-state index in [2.05, 4.69) is 9.47 Å².